The molecule has 5 nitrogen and oxygen atoms in total. The maximum absolute atomic E-state index is 13.3. The van der Waals surface area contributed by atoms with Gasteiger partial charge in [0.2, 0.25) is 0 Å². The molecule has 0 fully saturated rings. The fourth-order valence-electron chi connectivity index (χ4n) is 3.74. The van der Waals surface area contributed by atoms with Gasteiger partial charge in [0, 0.05) is 11.5 Å². The van der Waals surface area contributed by atoms with Crippen molar-refractivity contribution in [2.45, 2.75) is 19.3 Å². The molecule has 0 amide bonds. The molecular formula is C23H23FO5. The average molecular weight is 398 g/mol. The van der Waals surface area contributed by atoms with E-state index in [9.17, 15) is 14.0 Å². The van der Waals surface area contributed by atoms with Gasteiger partial charge in [0.1, 0.15) is 11.7 Å². The van der Waals surface area contributed by atoms with Crippen LogP contribution in [0.4, 0.5) is 4.39 Å². The van der Waals surface area contributed by atoms with Crippen LogP contribution in [0.1, 0.15) is 30.4 Å². The van der Waals surface area contributed by atoms with E-state index in [0.29, 0.717) is 23.5 Å². The minimum absolute atomic E-state index is 0.180. The molecule has 2 atom stereocenters. The van der Waals surface area contributed by atoms with Gasteiger partial charge in [-0.2, -0.15) is 0 Å². The number of carbonyl (C=O) groups is 2. The van der Waals surface area contributed by atoms with Crippen LogP contribution in [0.5, 0.6) is 11.5 Å². The van der Waals surface area contributed by atoms with E-state index < -0.39 is 17.8 Å². The number of halogens is 1. The van der Waals surface area contributed by atoms with Crippen molar-refractivity contribution in [3.63, 3.8) is 0 Å². The fraction of sp³-hybridized carbons (Fsp3) is 0.304. The standard InChI is InChI=1S/C23H23FO5/c1-4-29-23(26)21-18(17-6-5-7-20(27-2)22(17)28-3)12-15(13-19(21)25)14-8-10-16(24)11-9-14/h5-11,13,18,21H,4,12H2,1-3H3/t18-,21+/m1/s1. The monoisotopic (exact) mass is 398 g/mol. The predicted molar refractivity (Wildman–Crippen MR) is 106 cm³/mol. The maximum atomic E-state index is 13.3. The Morgan fingerprint density at radius 2 is 1.83 bits per heavy atom. The van der Waals surface area contributed by atoms with Crippen LogP contribution in [0, 0.1) is 11.7 Å². The lowest BCUT2D eigenvalue weighted by Crippen LogP contribution is -2.34. The summed E-state index contributed by atoms with van der Waals surface area (Å²) in [7, 11) is 3.04. The number of ketones is 1. The van der Waals surface area contributed by atoms with Gasteiger partial charge in [-0.15, -0.1) is 0 Å². The van der Waals surface area contributed by atoms with Crippen molar-refractivity contribution >= 4 is 17.3 Å². The number of hydrogen-bond acceptors (Lipinski definition) is 5. The number of benzene rings is 2. The van der Waals surface area contributed by atoms with Crippen molar-refractivity contribution in [1.29, 1.82) is 0 Å². The summed E-state index contributed by atoms with van der Waals surface area (Å²) in [6.07, 6.45) is 1.85. The van der Waals surface area contributed by atoms with Crippen LogP contribution in [0.2, 0.25) is 0 Å². The first kappa shape index (κ1) is 20.6. The molecule has 0 aromatic heterocycles. The molecule has 2 aromatic rings. The average Bonchev–Trinajstić information content (AvgIpc) is 2.73. The van der Waals surface area contributed by atoms with Gasteiger partial charge in [-0.1, -0.05) is 24.3 Å². The van der Waals surface area contributed by atoms with E-state index in [1.54, 1.807) is 31.2 Å². The molecule has 0 heterocycles. The zero-order valence-electron chi connectivity index (χ0n) is 16.6. The number of carbonyl (C=O) groups excluding carboxylic acids is 2. The maximum Gasteiger partial charge on any atom is 0.317 e. The molecule has 0 unspecified atom stereocenters. The molecular weight excluding hydrogens is 375 g/mol. The molecule has 0 N–H and O–H groups in total. The van der Waals surface area contributed by atoms with Gasteiger partial charge in [0.15, 0.2) is 17.3 Å². The number of esters is 1. The van der Waals surface area contributed by atoms with Gasteiger partial charge < -0.3 is 14.2 Å². The zero-order valence-corrected chi connectivity index (χ0v) is 16.6. The predicted octanol–water partition coefficient (Wildman–Crippen LogP) is 4.16. The third kappa shape index (κ3) is 4.16. The number of para-hydroxylation sites is 1. The van der Waals surface area contributed by atoms with Crippen molar-refractivity contribution in [3.05, 3.63) is 65.5 Å². The lowest BCUT2D eigenvalue weighted by atomic mass is 9.73. The molecule has 0 saturated carbocycles. The zero-order chi connectivity index (χ0) is 21.0. The summed E-state index contributed by atoms with van der Waals surface area (Å²) in [4.78, 5) is 25.6. The summed E-state index contributed by atoms with van der Waals surface area (Å²) < 4.78 is 29.4. The van der Waals surface area contributed by atoms with Crippen molar-refractivity contribution < 1.29 is 28.2 Å². The van der Waals surface area contributed by atoms with E-state index in [-0.39, 0.29) is 18.2 Å². The second kappa shape index (κ2) is 8.90. The summed E-state index contributed by atoms with van der Waals surface area (Å²) in [6, 6.07) is 11.3. The van der Waals surface area contributed by atoms with Gasteiger partial charge >= 0.3 is 5.97 Å². The van der Waals surface area contributed by atoms with Gasteiger partial charge in [0.25, 0.3) is 0 Å². The Kier molecular flexibility index (Phi) is 6.32. The Labute approximate surface area is 169 Å². The van der Waals surface area contributed by atoms with E-state index in [1.807, 2.05) is 6.07 Å². The summed E-state index contributed by atoms with van der Waals surface area (Å²) in [5.74, 6) is -1.77. The van der Waals surface area contributed by atoms with Crippen LogP contribution in [0.15, 0.2) is 48.5 Å². The third-order valence-corrected chi connectivity index (χ3v) is 5.05. The molecule has 0 radical (unpaired) electrons. The number of hydrogen-bond donors (Lipinski definition) is 0. The number of rotatable bonds is 6. The Hall–Kier alpha value is -3.15. The fourth-order valence-corrected chi connectivity index (χ4v) is 3.74. The first-order valence-corrected chi connectivity index (χ1v) is 9.38. The number of allylic oxidation sites excluding steroid dienone is 2. The van der Waals surface area contributed by atoms with E-state index in [1.165, 1.54) is 32.4 Å². The topological polar surface area (TPSA) is 61.8 Å². The van der Waals surface area contributed by atoms with E-state index in [2.05, 4.69) is 0 Å². The molecule has 1 aliphatic carbocycles. The van der Waals surface area contributed by atoms with Gasteiger partial charge in [0.05, 0.1) is 20.8 Å². The Bertz CT molecular complexity index is 933. The van der Waals surface area contributed by atoms with Crippen molar-refractivity contribution in [3.8, 4) is 11.5 Å². The summed E-state index contributed by atoms with van der Waals surface area (Å²) in [5.41, 5.74) is 2.14. The minimum Gasteiger partial charge on any atom is -0.493 e. The normalized spacial score (nSPS) is 18.8. The Morgan fingerprint density at radius 1 is 1.10 bits per heavy atom. The first-order valence-electron chi connectivity index (χ1n) is 9.38. The molecule has 0 saturated heterocycles. The lowest BCUT2D eigenvalue weighted by molar-refractivity contribution is -0.151. The van der Waals surface area contributed by atoms with Crippen LogP contribution >= 0.6 is 0 Å². The van der Waals surface area contributed by atoms with Crippen LogP contribution in [-0.4, -0.2) is 32.6 Å². The van der Waals surface area contributed by atoms with E-state index in [4.69, 9.17) is 14.2 Å². The largest absolute Gasteiger partial charge is 0.493 e. The van der Waals surface area contributed by atoms with E-state index in [0.717, 1.165) is 11.1 Å². The molecule has 1 aliphatic rings. The van der Waals surface area contributed by atoms with Crippen LogP contribution in [0.3, 0.4) is 0 Å². The van der Waals surface area contributed by atoms with E-state index >= 15 is 0 Å². The van der Waals surface area contributed by atoms with Crippen LogP contribution in [0.25, 0.3) is 5.57 Å². The number of methoxy groups -OCH3 is 2. The highest BCUT2D eigenvalue weighted by molar-refractivity contribution is 6.10. The molecule has 3 rings (SSSR count). The first-order chi connectivity index (χ1) is 14.0. The highest BCUT2D eigenvalue weighted by Crippen LogP contribution is 2.45. The summed E-state index contributed by atoms with van der Waals surface area (Å²) >= 11 is 0. The Morgan fingerprint density at radius 3 is 2.45 bits per heavy atom. The summed E-state index contributed by atoms with van der Waals surface area (Å²) in [6.45, 7) is 1.88. The summed E-state index contributed by atoms with van der Waals surface area (Å²) in [5, 5.41) is 0. The second-order valence-electron chi connectivity index (χ2n) is 6.70. The van der Waals surface area contributed by atoms with Crippen molar-refractivity contribution in [1.82, 2.24) is 0 Å². The van der Waals surface area contributed by atoms with Crippen molar-refractivity contribution in [2.75, 3.05) is 20.8 Å². The van der Waals surface area contributed by atoms with Crippen LogP contribution < -0.4 is 9.47 Å². The van der Waals surface area contributed by atoms with Crippen LogP contribution in [-0.2, 0) is 14.3 Å². The van der Waals surface area contributed by atoms with Crippen molar-refractivity contribution in [2.24, 2.45) is 5.92 Å². The molecule has 6 heteroatoms. The number of ether oxygens (including phenoxy) is 3. The molecule has 0 bridgehead atoms. The van der Waals surface area contributed by atoms with Gasteiger partial charge in [-0.3, -0.25) is 9.59 Å². The Balaban J connectivity index is 2.10. The molecule has 0 spiro atoms. The molecule has 152 valence electrons. The highest BCUT2D eigenvalue weighted by Gasteiger charge is 2.41. The lowest BCUT2D eigenvalue weighted by Gasteiger charge is -2.30. The molecule has 0 aliphatic heterocycles. The molecule has 29 heavy (non-hydrogen) atoms. The molecule has 2 aromatic carbocycles. The SMILES string of the molecule is CCOC(=O)[C@@H]1C(=O)C=C(c2ccc(F)cc2)C[C@@H]1c1cccc(OC)c1OC. The van der Waals surface area contributed by atoms with Gasteiger partial charge in [-0.05, 0) is 48.8 Å². The smallest absolute Gasteiger partial charge is 0.317 e. The minimum atomic E-state index is -0.986. The van der Waals surface area contributed by atoms with Gasteiger partial charge in [-0.25, -0.2) is 4.39 Å². The highest BCUT2D eigenvalue weighted by atomic mass is 19.1. The third-order valence-electron chi connectivity index (χ3n) is 5.05. The quantitative estimate of drug-likeness (QED) is 0.540. The second-order valence-corrected chi connectivity index (χ2v) is 6.70.